The average molecular weight is 338 g/mol. The molecule has 5 nitrogen and oxygen atoms in total. The zero-order chi connectivity index (χ0) is 17.8. The van der Waals surface area contributed by atoms with Crippen LogP contribution in [0, 0.1) is 13.8 Å². The van der Waals surface area contributed by atoms with E-state index in [2.05, 4.69) is 51.4 Å². The van der Waals surface area contributed by atoms with Crippen LogP contribution >= 0.6 is 0 Å². The smallest absolute Gasteiger partial charge is 0.194 e. The molecule has 25 heavy (non-hydrogen) atoms. The third kappa shape index (κ3) is 3.60. The first-order valence-corrected chi connectivity index (χ1v) is 8.65. The number of hydrogen-bond acceptors (Lipinski definition) is 3. The number of aromatic nitrogens is 1. The molecule has 0 fully saturated rings. The average Bonchev–Trinajstić information content (AvgIpc) is 2.64. The van der Waals surface area contributed by atoms with E-state index in [-0.39, 0.29) is 0 Å². The van der Waals surface area contributed by atoms with Crippen LogP contribution in [-0.4, -0.2) is 36.5 Å². The number of hydrogen-bond donors (Lipinski definition) is 1. The number of aryl methyl sites for hydroxylation is 1. The normalized spacial score (nSPS) is 14.2. The Bertz CT molecular complexity index is 785. The number of rotatable bonds is 3. The van der Waals surface area contributed by atoms with Crippen molar-refractivity contribution in [2.75, 3.05) is 20.7 Å². The minimum Gasteiger partial charge on any atom is -0.496 e. The molecule has 2 heterocycles. The van der Waals surface area contributed by atoms with Gasteiger partial charge in [-0.2, -0.15) is 0 Å². The molecule has 3 rings (SSSR count). The number of guanidine groups is 1. The third-order valence-electron chi connectivity index (χ3n) is 4.81. The van der Waals surface area contributed by atoms with Gasteiger partial charge in [-0.3, -0.25) is 9.98 Å². The molecule has 0 spiro atoms. The Morgan fingerprint density at radius 2 is 2.04 bits per heavy atom. The summed E-state index contributed by atoms with van der Waals surface area (Å²) in [7, 11) is 3.54. The second kappa shape index (κ2) is 7.55. The minimum absolute atomic E-state index is 0.632. The van der Waals surface area contributed by atoms with Crippen molar-refractivity contribution in [2.45, 2.75) is 33.4 Å². The van der Waals surface area contributed by atoms with Crippen LogP contribution in [0.2, 0.25) is 0 Å². The maximum atomic E-state index is 5.50. The van der Waals surface area contributed by atoms with Crippen LogP contribution in [0.3, 0.4) is 0 Å². The van der Waals surface area contributed by atoms with E-state index in [0.29, 0.717) is 6.54 Å². The molecule has 1 aromatic carbocycles. The lowest BCUT2D eigenvalue weighted by Crippen LogP contribution is -2.43. The minimum atomic E-state index is 0.632. The molecule has 1 aromatic heterocycles. The van der Waals surface area contributed by atoms with E-state index in [0.717, 1.165) is 48.0 Å². The van der Waals surface area contributed by atoms with E-state index in [1.165, 1.54) is 11.1 Å². The van der Waals surface area contributed by atoms with E-state index < -0.39 is 0 Å². The summed E-state index contributed by atoms with van der Waals surface area (Å²) in [6, 6.07) is 8.63. The topological polar surface area (TPSA) is 49.8 Å². The van der Waals surface area contributed by atoms with Gasteiger partial charge in [0.2, 0.25) is 0 Å². The number of aliphatic imine (C=N–C) groups is 1. The van der Waals surface area contributed by atoms with Gasteiger partial charge in [0, 0.05) is 37.5 Å². The van der Waals surface area contributed by atoms with Crippen molar-refractivity contribution in [2.24, 2.45) is 4.99 Å². The van der Waals surface area contributed by atoms with Crippen LogP contribution in [0.4, 0.5) is 0 Å². The lowest BCUT2D eigenvalue weighted by atomic mass is 10.0. The SMILES string of the molecule is CN=C(NCc1ncc(C)c(OC)c1C)N1CCc2ccccc2C1. The lowest BCUT2D eigenvalue weighted by molar-refractivity contribution is 0.378. The number of benzene rings is 1. The third-order valence-corrected chi connectivity index (χ3v) is 4.81. The highest BCUT2D eigenvalue weighted by Gasteiger charge is 2.19. The Morgan fingerprint density at radius 3 is 2.76 bits per heavy atom. The second-order valence-corrected chi connectivity index (χ2v) is 6.39. The Morgan fingerprint density at radius 1 is 1.28 bits per heavy atom. The number of fused-ring (bicyclic) bond motifs is 1. The number of ether oxygens (including phenoxy) is 1. The van der Waals surface area contributed by atoms with Gasteiger partial charge in [-0.05, 0) is 31.4 Å². The summed E-state index contributed by atoms with van der Waals surface area (Å²) in [6.07, 6.45) is 2.91. The maximum absolute atomic E-state index is 5.50. The van der Waals surface area contributed by atoms with Crippen molar-refractivity contribution >= 4 is 5.96 Å². The fourth-order valence-corrected chi connectivity index (χ4v) is 3.42. The predicted molar refractivity (Wildman–Crippen MR) is 101 cm³/mol. The molecule has 0 atom stereocenters. The Hall–Kier alpha value is -2.56. The highest BCUT2D eigenvalue weighted by Crippen LogP contribution is 2.24. The van der Waals surface area contributed by atoms with Crippen LogP contribution in [0.25, 0.3) is 0 Å². The summed E-state index contributed by atoms with van der Waals surface area (Å²) in [4.78, 5) is 11.3. The summed E-state index contributed by atoms with van der Waals surface area (Å²) in [5, 5.41) is 3.46. The van der Waals surface area contributed by atoms with Gasteiger partial charge in [0.1, 0.15) is 5.75 Å². The summed E-state index contributed by atoms with van der Waals surface area (Å²) >= 11 is 0. The molecule has 1 N–H and O–H groups in total. The molecule has 5 heteroatoms. The number of methoxy groups -OCH3 is 1. The molecule has 0 aliphatic carbocycles. The summed E-state index contributed by atoms with van der Waals surface area (Å²) < 4.78 is 5.50. The van der Waals surface area contributed by atoms with Crippen molar-refractivity contribution < 1.29 is 4.74 Å². The maximum Gasteiger partial charge on any atom is 0.194 e. The van der Waals surface area contributed by atoms with Crippen LogP contribution in [0.1, 0.15) is 27.9 Å². The molecule has 0 saturated heterocycles. The van der Waals surface area contributed by atoms with E-state index in [1.54, 1.807) is 7.11 Å². The lowest BCUT2D eigenvalue weighted by Gasteiger charge is -2.31. The van der Waals surface area contributed by atoms with E-state index >= 15 is 0 Å². The van der Waals surface area contributed by atoms with Gasteiger partial charge in [0.25, 0.3) is 0 Å². The van der Waals surface area contributed by atoms with Crippen LogP contribution in [0.15, 0.2) is 35.5 Å². The molecule has 0 bridgehead atoms. The largest absolute Gasteiger partial charge is 0.496 e. The molecule has 1 aliphatic heterocycles. The van der Waals surface area contributed by atoms with Crippen molar-refractivity contribution in [3.63, 3.8) is 0 Å². The van der Waals surface area contributed by atoms with Crippen LogP contribution in [-0.2, 0) is 19.5 Å². The van der Waals surface area contributed by atoms with Gasteiger partial charge >= 0.3 is 0 Å². The molecule has 2 aromatic rings. The Kier molecular flexibility index (Phi) is 5.22. The zero-order valence-electron chi connectivity index (χ0n) is 15.5. The summed E-state index contributed by atoms with van der Waals surface area (Å²) in [5.74, 6) is 1.82. The van der Waals surface area contributed by atoms with Gasteiger partial charge < -0.3 is 15.0 Å². The molecule has 1 aliphatic rings. The van der Waals surface area contributed by atoms with Crippen LogP contribution in [0.5, 0.6) is 5.75 Å². The van der Waals surface area contributed by atoms with Gasteiger partial charge in [0.05, 0.1) is 19.3 Å². The fraction of sp³-hybridized carbons (Fsp3) is 0.400. The first-order chi connectivity index (χ1) is 12.1. The monoisotopic (exact) mass is 338 g/mol. The van der Waals surface area contributed by atoms with Gasteiger partial charge in [0.15, 0.2) is 5.96 Å². The molecule has 132 valence electrons. The van der Waals surface area contributed by atoms with Crippen LogP contribution < -0.4 is 10.1 Å². The predicted octanol–water partition coefficient (Wildman–Crippen LogP) is 2.84. The first-order valence-electron chi connectivity index (χ1n) is 8.65. The van der Waals surface area contributed by atoms with E-state index in [9.17, 15) is 0 Å². The second-order valence-electron chi connectivity index (χ2n) is 6.39. The number of nitrogens with zero attached hydrogens (tertiary/aromatic N) is 3. The first kappa shape index (κ1) is 17.3. The van der Waals surface area contributed by atoms with Gasteiger partial charge in [-0.1, -0.05) is 24.3 Å². The number of nitrogens with one attached hydrogen (secondary N) is 1. The molecule has 0 saturated carbocycles. The molecule has 0 amide bonds. The molecule has 0 radical (unpaired) electrons. The molecular formula is C20H26N4O. The van der Waals surface area contributed by atoms with Gasteiger partial charge in [-0.25, -0.2) is 0 Å². The molecular weight excluding hydrogens is 312 g/mol. The zero-order valence-corrected chi connectivity index (χ0v) is 15.5. The molecule has 0 unspecified atom stereocenters. The standard InChI is InChI=1S/C20H26N4O/c1-14-11-22-18(15(2)19(14)25-4)12-23-20(21-3)24-10-9-16-7-5-6-8-17(16)13-24/h5-8,11H,9-10,12-13H2,1-4H3,(H,21,23). The van der Waals surface area contributed by atoms with E-state index in [4.69, 9.17) is 4.74 Å². The summed E-state index contributed by atoms with van der Waals surface area (Å²) in [6.45, 7) is 6.56. The van der Waals surface area contributed by atoms with Crippen molar-refractivity contribution in [3.8, 4) is 5.75 Å². The quantitative estimate of drug-likeness (QED) is 0.691. The van der Waals surface area contributed by atoms with E-state index in [1.807, 2.05) is 20.2 Å². The Labute approximate surface area is 149 Å². The van der Waals surface area contributed by atoms with Crippen molar-refractivity contribution in [1.29, 1.82) is 0 Å². The number of pyridine rings is 1. The summed E-state index contributed by atoms with van der Waals surface area (Å²) in [5.41, 5.74) is 5.94. The van der Waals surface area contributed by atoms with Gasteiger partial charge in [-0.15, -0.1) is 0 Å². The fourth-order valence-electron chi connectivity index (χ4n) is 3.42. The highest BCUT2D eigenvalue weighted by atomic mass is 16.5. The Balaban J connectivity index is 1.70. The van der Waals surface area contributed by atoms with Crippen molar-refractivity contribution in [3.05, 3.63) is 58.4 Å². The highest BCUT2D eigenvalue weighted by molar-refractivity contribution is 5.80. The van der Waals surface area contributed by atoms with Crippen molar-refractivity contribution in [1.82, 2.24) is 15.2 Å².